The smallest absolute Gasteiger partial charge is 0.146 e. The number of nitrogens with two attached hydrogens (primary N) is 1. The number of nitrogens with zero attached hydrogens (tertiary/aromatic N) is 2. The Bertz CT molecular complexity index is 465. The van der Waals surface area contributed by atoms with Crippen LogP contribution in [-0.4, -0.2) is 9.55 Å². The number of nitrogen functional groups attached to an aromatic ring is 1. The number of aromatic nitrogens is 2. The Labute approximate surface area is 94.7 Å². The molecule has 1 aromatic carbocycles. The van der Waals surface area contributed by atoms with Crippen molar-refractivity contribution < 1.29 is 4.74 Å². The SMILES string of the molecule is CCn1ccnc1COc1cccc(N)c1. The maximum absolute atomic E-state index is 5.66. The van der Waals surface area contributed by atoms with Crippen LogP contribution >= 0.6 is 0 Å². The second kappa shape index (κ2) is 4.70. The molecule has 0 aliphatic carbocycles. The Morgan fingerprint density at radius 1 is 1.44 bits per heavy atom. The van der Waals surface area contributed by atoms with Crippen LogP contribution in [0.5, 0.6) is 5.75 Å². The lowest BCUT2D eigenvalue weighted by atomic mass is 10.3. The van der Waals surface area contributed by atoms with E-state index in [1.54, 1.807) is 12.3 Å². The first-order valence-electron chi connectivity index (χ1n) is 5.28. The summed E-state index contributed by atoms with van der Waals surface area (Å²) in [6.45, 7) is 3.44. The van der Waals surface area contributed by atoms with E-state index in [1.807, 2.05) is 29.0 Å². The van der Waals surface area contributed by atoms with Crippen LogP contribution in [0.3, 0.4) is 0 Å². The number of benzene rings is 1. The first kappa shape index (κ1) is 10.5. The van der Waals surface area contributed by atoms with Crippen molar-refractivity contribution in [3.63, 3.8) is 0 Å². The molecule has 0 spiro atoms. The molecular weight excluding hydrogens is 202 g/mol. The lowest BCUT2D eigenvalue weighted by Gasteiger charge is -2.07. The van der Waals surface area contributed by atoms with Gasteiger partial charge in [-0.05, 0) is 19.1 Å². The number of aryl methyl sites for hydroxylation is 1. The summed E-state index contributed by atoms with van der Waals surface area (Å²) in [5.41, 5.74) is 6.37. The minimum atomic E-state index is 0.463. The van der Waals surface area contributed by atoms with E-state index < -0.39 is 0 Å². The molecule has 0 aliphatic heterocycles. The molecular formula is C12H15N3O. The second-order valence-electron chi connectivity index (χ2n) is 3.49. The lowest BCUT2D eigenvalue weighted by molar-refractivity contribution is 0.290. The van der Waals surface area contributed by atoms with E-state index in [2.05, 4.69) is 11.9 Å². The average Bonchev–Trinajstić information content (AvgIpc) is 2.74. The Morgan fingerprint density at radius 2 is 2.31 bits per heavy atom. The highest BCUT2D eigenvalue weighted by Gasteiger charge is 2.02. The molecule has 1 heterocycles. The van der Waals surface area contributed by atoms with Crippen molar-refractivity contribution in [3.05, 3.63) is 42.5 Å². The second-order valence-corrected chi connectivity index (χ2v) is 3.49. The predicted octanol–water partition coefficient (Wildman–Crippen LogP) is 2.06. The van der Waals surface area contributed by atoms with Crippen molar-refractivity contribution in [3.8, 4) is 5.75 Å². The van der Waals surface area contributed by atoms with Gasteiger partial charge in [-0.25, -0.2) is 4.98 Å². The first-order chi connectivity index (χ1) is 7.79. The van der Waals surface area contributed by atoms with Crippen molar-refractivity contribution in [2.75, 3.05) is 5.73 Å². The molecule has 0 amide bonds. The largest absolute Gasteiger partial charge is 0.486 e. The Balaban J connectivity index is 2.02. The Kier molecular flexibility index (Phi) is 3.10. The highest BCUT2D eigenvalue weighted by molar-refractivity contribution is 5.43. The molecule has 4 heteroatoms. The van der Waals surface area contributed by atoms with Crippen LogP contribution in [0, 0.1) is 0 Å². The van der Waals surface area contributed by atoms with E-state index in [9.17, 15) is 0 Å². The molecule has 0 atom stereocenters. The van der Waals surface area contributed by atoms with Gasteiger partial charge in [-0.15, -0.1) is 0 Å². The normalized spacial score (nSPS) is 10.3. The molecule has 0 unspecified atom stereocenters. The molecule has 0 aliphatic rings. The van der Waals surface area contributed by atoms with Crippen molar-refractivity contribution in [1.29, 1.82) is 0 Å². The van der Waals surface area contributed by atoms with Crippen LogP contribution in [0.15, 0.2) is 36.7 Å². The molecule has 0 bridgehead atoms. The van der Waals surface area contributed by atoms with Crippen LogP contribution < -0.4 is 10.5 Å². The molecule has 2 aromatic rings. The minimum Gasteiger partial charge on any atom is -0.486 e. The molecule has 84 valence electrons. The zero-order chi connectivity index (χ0) is 11.4. The molecule has 0 radical (unpaired) electrons. The molecule has 2 N–H and O–H groups in total. The van der Waals surface area contributed by atoms with Crippen LogP contribution in [0.4, 0.5) is 5.69 Å². The summed E-state index contributed by atoms with van der Waals surface area (Å²) in [6.07, 6.45) is 3.72. The highest BCUT2D eigenvalue weighted by Crippen LogP contribution is 2.15. The average molecular weight is 217 g/mol. The fourth-order valence-electron chi connectivity index (χ4n) is 1.52. The topological polar surface area (TPSA) is 53.1 Å². The summed E-state index contributed by atoms with van der Waals surface area (Å²) in [4.78, 5) is 4.23. The summed E-state index contributed by atoms with van der Waals surface area (Å²) in [6, 6.07) is 7.39. The molecule has 16 heavy (non-hydrogen) atoms. The van der Waals surface area contributed by atoms with E-state index in [1.165, 1.54) is 0 Å². The fraction of sp³-hybridized carbons (Fsp3) is 0.250. The molecule has 4 nitrogen and oxygen atoms in total. The Hall–Kier alpha value is -1.97. The first-order valence-corrected chi connectivity index (χ1v) is 5.28. The molecule has 2 rings (SSSR count). The molecule has 1 aromatic heterocycles. The van der Waals surface area contributed by atoms with Gasteiger partial charge in [0.15, 0.2) is 0 Å². The van der Waals surface area contributed by atoms with Gasteiger partial charge in [0.1, 0.15) is 18.2 Å². The third kappa shape index (κ3) is 2.34. The maximum Gasteiger partial charge on any atom is 0.146 e. The number of rotatable bonds is 4. The number of ether oxygens (including phenoxy) is 1. The van der Waals surface area contributed by atoms with E-state index in [0.717, 1.165) is 18.1 Å². The summed E-state index contributed by atoms with van der Waals surface area (Å²) < 4.78 is 7.66. The molecule has 0 fully saturated rings. The molecule has 0 saturated carbocycles. The third-order valence-corrected chi connectivity index (χ3v) is 2.37. The zero-order valence-electron chi connectivity index (χ0n) is 9.26. The van der Waals surface area contributed by atoms with Crippen LogP contribution in [0.2, 0.25) is 0 Å². The van der Waals surface area contributed by atoms with E-state index >= 15 is 0 Å². The lowest BCUT2D eigenvalue weighted by Crippen LogP contribution is -2.05. The number of hydrogen-bond donors (Lipinski definition) is 1. The highest BCUT2D eigenvalue weighted by atomic mass is 16.5. The van der Waals surface area contributed by atoms with Crippen molar-refractivity contribution in [2.24, 2.45) is 0 Å². The molecule has 0 saturated heterocycles. The van der Waals surface area contributed by atoms with Gasteiger partial charge >= 0.3 is 0 Å². The van der Waals surface area contributed by atoms with Crippen LogP contribution in [0.25, 0.3) is 0 Å². The number of imidazole rings is 1. The van der Waals surface area contributed by atoms with Gasteiger partial charge in [0.05, 0.1) is 0 Å². The maximum atomic E-state index is 5.66. The van der Waals surface area contributed by atoms with Gasteiger partial charge in [-0.1, -0.05) is 6.07 Å². The quantitative estimate of drug-likeness (QED) is 0.797. The fourth-order valence-corrected chi connectivity index (χ4v) is 1.52. The predicted molar refractivity (Wildman–Crippen MR) is 63.1 cm³/mol. The third-order valence-electron chi connectivity index (χ3n) is 2.37. The number of anilines is 1. The van der Waals surface area contributed by atoms with Gasteiger partial charge in [0.25, 0.3) is 0 Å². The van der Waals surface area contributed by atoms with E-state index in [-0.39, 0.29) is 0 Å². The van der Waals surface area contributed by atoms with Crippen molar-refractivity contribution >= 4 is 5.69 Å². The summed E-state index contributed by atoms with van der Waals surface area (Å²) in [7, 11) is 0. The van der Waals surface area contributed by atoms with Gasteiger partial charge in [0, 0.05) is 30.7 Å². The van der Waals surface area contributed by atoms with Crippen LogP contribution in [0.1, 0.15) is 12.7 Å². The summed E-state index contributed by atoms with van der Waals surface area (Å²) in [5.74, 6) is 1.69. The van der Waals surface area contributed by atoms with Crippen LogP contribution in [-0.2, 0) is 13.2 Å². The zero-order valence-corrected chi connectivity index (χ0v) is 9.26. The van der Waals surface area contributed by atoms with Gasteiger partial charge in [-0.2, -0.15) is 0 Å². The monoisotopic (exact) mass is 217 g/mol. The van der Waals surface area contributed by atoms with Crippen molar-refractivity contribution in [1.82, 2.24) is 9.55 Å². The van der Waals surface area contributed by atoms with Gasteiger partial charge in [0.2, 0.25) is 0 Å². The minimum absolute atomic E-state index is 0.463. The van der Waals surface area contributed by atoms with Gasteiger partial charge in [-0.3, -0.25) is 0 Å². The van der Waals surface area contributed by atoms with E-state index in [4.69, 9.17) is 10.5 Å². The number of hydrogen-bond acceptors (Lipinski definition) is 3. The van der Waals surface area contributed by atoms with Gasteiger partial charge < -0.3 is 15.0 Å². The summed E-state index contributed by atoms with van der Waals surface area (Å²) in [5, 5.41) is 0. The summed E-state index contributed by atoms with van der Waals surface area (Å²) >= 11 is 0. The standard InChI is InChI=1S/C12H15N3O/c1-2-15-7-6-14-12(15)9-16-11-5-3-4-10(13)8-11/h3-8H,2,9,13H2,1H3. The van der Waals surface area contributed by atoms with E-state index in [0.29, 0.717) is 12.3 Å². The van der Waals surface area contributed by atoms with Crippen molar-refractivity contribution in [2.45, 2.75) is 20.1 Å². The Morgan fingerprint density at radius 3 is 3.06 bits per heavy atom.